The minimum absolute atomic E-state index is 0.00366. The molecule has 8 bridgehead atoms. The predicted molar refractivity (Wildman–Crippen MR) is 296 cm³/mol. The summed E-state index contributed by atoms with van der Waals surface area (Å²) in [4.78, 5) is 12.4. The number of carbonyl (C=O) groups excluding carboxylic acids is 1. The molecule has 12 aliphatic rings. The minimum atomic E-state index is -4.07. The highest BCUT2D eigenvalue weighted by atomic mass is 32.2. The van der Waals surface area contributed by atoms with Crippen LogP contribution in [0.1, 0.15) is 140 Å². The van der Waals surface area contributed by atoms with Crippen LogP contribution in [0.3, 0.4) is 0 Å². The molecule has 0 saturated heterocycles. The lowest BCUT2D eigenvalue weighted by atomic mass is 9.19. The number of rotatable bonds is 11. The molecule has 0 aromatic heterocycles. The zero-order valence-corrected chi connectivity index (χ0v) is 47.8. The standard InChI is InChI=1S/C66H71NO9S2/c1-29-10-15-33(16-11-29)77(69,70)75-27-49-43-25-44(50(49)28-76-78(71,72)34-17-12-30(2)13-18-34)58-57(43)65(6)59-47-26-48(60(59)66(58,65)7)52-51(47)61(73-8)45-21-37-38(22-46(45)62(52)74-9)42-24-41(37)55-56(42)64(5)54-40-23-39(53(54)63(55,64)4)35-19-14-32(20-36(35)40)67-31(3)68/h10-22,39-44,47-50,53-60H,23-28H2,1-9H3,(H,67,68)/t39-,40?,41+,42-,43+,44-,47-,48?,49-,50+,53?,54?,55?,56?,57?,58?,59?,60?,63-,64?,65+,66?/m0/s1. The highest BCUT2D eigenvalue weighted by molar-refractivity contribution is 7.87. The fourth-order valence-corrected chi connectivity index (χ4v) is 26.6. The summed E-state index contributed by atoms with van der Waals surface area (Å²) >= 11 is 0. The Kier molecular flexibility index (Phi) is 9.13. The van der Waals surface area contributed by atoms with E-state index >= 15 is 0 Å². The van der Waals surface area contributed by atoms with Crippen molar-refractivity contribution in [2.75, 3.05) is 32.8 Å². The molecule has 5 aromatic rings. The van der Waals surface area contributed by atoms with Gasteiger partial charge in [-0.3, -0.25) is 13.2 Å². The van der Waals surface area contributed by atoms with Crippen LogP contribution in [0.2, 0.25) is 0 Å². The lowest BCUT2D eigenvalue weighted by molar-refractivity contribution is -0.371. The van der Waals surface area contributed by atoms with Crippen molar-refractivity contribution in [3.05, 3.63) is 123 Å². The van der Waals surface area contributed by atoms with Crippen molar-refractivity contribution in [1.82, 2.24) is 0 Å². The molecule has 5 aromatic carbocycles. The molecular weight excluding hydrogens is 1010 g/mol. The third kappa shape index (κ3) is 5.11. The average molecular weight is 1090 g/mol. The zero-order valence-electron chi connectivity index (χ0n) is 46.1. The molecule has 12 heteroatoms. The molecule has 78 heavy (non-hydrogen) atoms. The van der Waals surface area contributed by atoms with Gasteiger partial charge in [-0.15, -0.1) is 0 Å². The second-order valence-corrected chi connectivity index (χ2v) is 31.4. The topological polar surface area (TPSA) is 134 Å². The molecule has 406 valence electrons. The number of aryl methyl sites for hydroxylation is 2. The van der Waals surface area contributed by atoms with Crippen molar-refractivity contribution in [3.63, 3.8) is 0 Å². The molecule has 0 spiro atoms. The molecule has 10 nitrogen and oxygen atoms in total. The Morgan fingerprint density at radius 3 is 1.28 bits per heavy atom. The van der Waals surface area contributed by atoms with E-state index in [4.69, 9.17) is 17.8 Å². The largest absolute Gasteiger partial charge is 0.496 e. The van der Waals surface area contributed by atoms with Crippen LogP contribution >= 0.6 is 0 Å². The monoisotopic (exact) mass is 1090 g/mol. The van der Waals surface area contributed by atoms with Gasteiger partial charge in [-0.25, -0.2) is 0 Å². The van der Waals surface area contributed by atoms with Crippen molar-refractivity contribution < 1.29 is 39.5 Å². The summed E-state index contributed by atoms with van der Waals surface area (Å²) < 4.78 is 81.0. The van der Waals surface area contributed by atoms with Crippen LogP contribution in [0, 0.1) is 107 Å². The summed E-state index contributed by atoms with van der Waals surface area (Å²) in [5.41, 5.74) is 12.3. The molecule has 9 saturated carbocycles. The maximum Gasteiger partial charge on any atom is 0.296 e. The van der Waals surface area contributed by atoms with Gasteiger partial charge >= 0.3 is 0 Å². The molecule has 12 unspecified atom stereocenters. The summed E-state index contributed by atoms with van der Waals surface area (Å²) in [6.45, 7) is 15.9. The second-order valence-electron chi connectivity index (χ2n) is 28.1. The number of nitrogens with one attached hydrogen (secondary N) is 1. The quantitative estimate of drug-likeness (QED) is 0.101. The first-order chi connectivity index (χ1) is 37.2. The Morgan fingerprint density at radius 1 is 0.500 bits per heavy atom. The predicted octanol–water partition coefficient (Wildman–Crippen LogP) is 12.6. The lowest BCUT2D eigenvalue weighted by Crippen LogP contribution is -2.81. The van der Waals surface area contributed by atoms with Crippen molar-refractivity contribution in [2.45, 2.75) is 119 Å². The van der Waals surface area contributed by atoms with Gasteiger partial charge in [-0.1, -0.05) is 69.2 Å². The molecule has 12 aliphatic carbocycles. The first-order valence-corrected chi connectivity index (χ1v) is 32.1. The zero-order chi connectivity index (χ0) is 53.6. The van der Waals surface area contributed by atoms with E-state index in [0.29, 0.717) is 88.3 Å². The first-order valence-electron chi connectivity index (χ1n) is 29.3. The maximum absolute atomic E-state index is 13.8. The van der Waals surface area contributed by atoms with Crippen LogP contribution in [-0.4, -0.2) is 50.2 Å². The van der Waals surface area contributed by atoms with Crippen LogP contribution in [0.25, 0.3) is 10.8 Å². The fraction of sp³-hybridized carbons (Fsp3) is 0.561. The molecule has 22 atom stereocenters. The van der Waals surface area contributed by atoms with Gasteiger partial charge in [0.1, 0.15) is 11.5 Å². The number of amides is 1. The van der Waals surface area contributed by atoms with Crippen molar-refractivity contribution in [2.24, 2.45) is 92.7 Å². The lowest BCUT2D eigenvalue weighted by Gasteiger charge is -2.84. The Bertz CT molecular complexity index is 3800. The highest BCUT2D eigenvalue weighted by Gasteiger charge is 2.91. The number of benzene rings is 5. The fourth-order valence-electron chi connectivity index (χ4n) is 24.7. The molecule has 17 rings (SSSR count). The number of fused-ring (bicyclic) bond motifs is 40. The van der Waals surface area contributed by atoms with E-state index in [0.717, 1.165) is 41.2 Å². The van der Waals surface area contributed by atoms with Gasteiger partial charge in [0.25, 0.3) is 20.2 Å². The van der Waals surface area contributed by atoms with Gasteiger partial charge in [-0.05, 0) is 238 Å². The van der Waals surface area contributed by atoms with Gasteiger partial charge in [-0.2, -0.15) is 16.8 Å². The van der Waals surface area contributed by atoms with E-state index in [2.05, 4.69) is 63.3 Å². The number of methoxy groups -OCH3 is 2. The number of ether oxygens (including phenoxy) is 2. The maximum atomic E-state index is 13.8. The molecule has 0 heterocycles. The van der Waals surface area contributed by atoms with Crippen LogP contribution < -0.4 is 14.8 Å². The van der Waals surface area contributed by atoms with Gasteiger partial charge in [0.15, 0.2) is 0 Å². The van der Waals surface area contributed by atoms with Crippen molar-refractivity contribution in [1.29, 1.82) is 0 Å². The third-order valence-electron chi connectivity index (χ3n) is 26.7. The van der Waals surface area contributed by atoms with Gasteiger partial charge in [0.05, 0.1) is 37.2 Å². The second kappa shape index (κ2) is 14.8. The molecule has 0 radical (unpaired) electrons. The Morgan fingerprint density at radius 2 is 0.872 bits per heavy atom. The van der Waals surface area contributed by atoms with Crippen LogP contribution in [-0.2, 0) is 33.4 Å². The minimum Gasteiger partial charge on any atom is -0.496 e. The third-order valence-corrected chi connectivity index (χ3v) is 29.3. The summed E-state index contributed by atoms with van der Waals surface area (Å²) in [6, 6.07) is 25.5. The summed E-state index contributed by atoms with van der Waals surface area (Å²) in [7, 11) is -4.36. The smallest absolute Gasteiger partial charge is 0.296 e. The molecule has 1 N–H and O–H groups in total. The summed E-state index contributed by atoms with van der Waals surface area (Å²) in [6.07, 6.45) is 4.47. The number of carbonyl (C=O) groups is 1. The van der Waals surface area contributed by atoms with Gasteiger partial charge in [0, 0.05) is 34.5 Å². The first kappa shape index (κ1) is 48.0. The van der Waals surface area contributed by atoms with E-state index in [1.54, 1.807) is 66.6 Å². The Hall–Kier alpha value is -4.75. The summed E-state index contributed by atoms with van der Waals surface area (Å²) in [5.74, 6) is 9.29. The number of hydrogen-bond donors (Lipinski definition) is 1. The van der Waals surface area contributed by atoms with Crippen LogP contribution in [0.4, 0.5) is 5.69 Å². The van der Waals surface area contributed by atoms with Crippen LogP contribution in [0.5, 0.6) is 11.5 Å². The average Bonchev–Trinajstić information content (AvgIpc) is 3.15. The van der Waals surface area contributed by atoms with E-state index in [1.807, 2.05) is 28.1 Å². The Labute approximate surface area is 459 Å². The Balaban J connectivity index is 0.713. The van der Waals surface area contributed by atoms with Crippen molar-refractivity contribution in [3.8, 4) is 11.5 Å². The number of anilines is 1. The van der Waals surface area contributed by atoms with E-state index < -0.39 is 20.2 Å². The molecular formula is C66H71NO9S2. The summed E-state index contributed by atoms with van der Waals surface area (Å²) in [5, 5.41) is 5.49. The van der Waals surface area contributed by atoms with E-state index in [1.165, 1.54) is 45.9 Å². The van der Waals surface area contributed by atoms with E-state index in [9.17, 15) is 21.6 Å². The highest BCUT2D eigenvalue weighted by Crippen LogP contribution is 2.97. The van der Waals surface area contributed by atoms with Crippen molar-refractivity contribution >= 4 is 42.6 Å². The van der Waals surface area contributed by atoms with Gasteiger partial charge < -0.3 is 14.8 Å². The normalized spacial score (nSPS) is 43.7. The SMILES string of the molecule is COc1c2c(c(OC)c3cc4c(cc13)[C@@H]1C[C@H]4C3C1C1(C)C4C5C[C@@H](c6ccc(NC(C)=O)cc65)C4[C@@]31C)[C@@H]1CC2C2C1[C@@]1(C)C3C([C@H]4C[C@@H]3[C@H](COS(=O)(=O)c3ccc(C)cc3)[C@@H]4COS(=O)(=O)c3ccc(C)cc3)C21C. The van der Waals surface area contributed by atoms with Crippen LogP contribution in [0.15, 0.2) is 88.7 Å². The molecule has 0 aliphatic heterocycles. The van der Waals surface area contributed by atoms with E-state index in [-0.39, 0.29) is 68.8 Å². The van der Waals surface area contributed by atoms with Gasteiger partial charge in [0.2, 0.25) is 5.91 Å². The number of hydrogen-bond acceptors (Lipinski definition) is 9. The molecule has 9 fully saturated rings. The molecule has 1 amide bonds.